The van der Waals surface area contributed by atoms with Crippen LogP contribution in [0.4, 0.5) is 0 Å². The van der Waals surface area contributed by atoms with E-state index in [9.17, 15) is 9.59 Å². The first kappa shape index (κ1) is 22.8. The Morgan fingerprint density at radius 1 is 1.14 bits per heavy atom. The number of nitrogens with one attached hydrogen (secondary N) is 1. The fourth-order valence-electron chi connectivity index (χ4n) is 3.06. The van der Waals surface area contributed by atoms with E-state index in [0.717, 1.165) is 11.1 Å². The molecule has 1 atom stereocenters. The van der Waals surface area contributed by atoms with Gasteiger partial charge in [0.25, 0.3) is 5.91 Å². The van der Waals surface area contributed by atoms with Crippen LogP contribution in [0.5, 0.6) is 5.75 Å². The van der Waals surface area contributed by atoms with E-state index in [1.54, 1.807) is 29.2 Å². The third-order valence-electron chi connectivity index (χ3n) is 4.58. The first-order chi connectivity index (χ1) is 13.8. The number of nitrogens with zero attached hydrogens (tertiary/aromatic N) is 1. The second kappa shape index (κ2) is 10.9. The lowest BCUT2D eigenvalue weighted by atomic mass is 10.1. The summed E-state index contributed by atoms with van der Waals surface area (Å²) < 4.78 is 5.65. The van der Waals surface area contributed by atoms with Crippen molar-refractivity contribution in [2.45, 2.75) is 52.7 Å². The summed E-state index contributed by atoms with van der Waals surface area (Å²) in [7, 11) is 0. The summed E-state index contributed by atoms with van der Waals surface area (Å²) in [4.78, 5) is 27.5. The van der Waals surface area contributed by atoms with Crippen molar-refractivity contribution >= 4 is 23.4 Å². The van der Waals surface area contributed by atoms with Gasteiger partial charge >= 0.3 is 0 Å². The Morgan fingerprint density at radius 3 is 2.48 bits per heavy atom. The molecule has 0 saturated heterocycles. The minimum absolute atomic E-state index is 0.00493. The van der Waals surface area contributed by atoms with Crippen LogP contribution >= 0.6 is 11.6 Å². The average molecular weight is 417 g/mol. The van der Waals surface area contributed by atoms with Gasteiger partial charge in [0, 0.05) is 17.6 Å². The number of hydrogen-bond acceptors (Lipinski definition) is 3. The fraction of sp³-hybridized carbons (Fsp3) is 0.391. The van der Waals surface area contributed by atoms with E-state index in [4.69, 9.17) is 16.3 Å². The molecule has 1 unspecified atom stereocenters. The van der Waals surface area contributed by atoms with Gasteiger partial charge in [-0.05, 0) is 56.5 Å². The highest BCUT2D eigenvalue weighted by atomic mass is 35.5. The van der Waals surface area contributed by atoms with E-state index in [-0.39, 0.29) is 24.5 Å². The fourth-order valence-corrected chi connectivity index (χ4v) is 3.24. The van der Waals surface area contributed by atoms with Gasteiger partial charge in [-0.3, -0.25) is 9.59 Å². The number of halogens is 1. The van der Waals surface area contributed by atoms with Gasteiger partial charge in [0.05, 0.1) is 0 Å². The van der Waals surface area contributed by atoms with Crippen molar-refractivity contribution < 1.29 is 14.3 Å². The second-order valence-corrected chi connectivity index (χ2v) is 7.72. The molecule has 0 aromatic heterocycles. The Labute approximate surface area is 178 Å². The zero-order chi connectivity index (χ0) is 21.4. The van der Waals surface area contributed by atoms with Gasteiger partial charge in [-0.25, -0.2) is 0 Å². The van der Waals surface area contributed by atoms with Crippen molar-refractivity contribution in [3.63, 3.8) is 0 Å². The molecule has 29 heavy (non-hydrogen) atoms. The maximum absolute atomic E-state index is 13.1. The predicted molar refractivity (Wildman–Crippen MR) is 116 cm³/mol. The number of benzene rings is 2. The molecule has 2 amide bonds. The molecule has 5 nitrogen and oxygen atoms in total. The molecule has 1 N–H and O–H groups in total. The average Bonchev–Trinajstić information content (AvgIpc) is 2.67. The highest BCUT2D eigenvalue weighted by molar-refractivity contribution is 6.30. The van der Waals surface area contributed by atoms with Crippen LogP contribution in [0.1, 0.15) is 38.3 Å². The Kier molecular flexibility index (Phi) is 8.52. The molecule has 0 fully saturated rings. The minimum Gasteiger partial charge on any atom is -0.484 e. The topological polar surface area (TPSA) is 58.6 Å². The molecule has 0 aliphatic rings. The summed E-state index contributed by atoms with van der Waals surface area (Å²) in [5.41, 5.74) is 2.07. The smallest absolute Gasteiger partial charge is 0.261 e. The lowest BCUT2D eigenvalue weighted by Crippen LogP contribution is -2.51. The van der Waals surface area contributed by atoms with Gasteiger partial charge in [0.1, 0.15) is 11.8 Å². The summed E-state index contributed by atoms with van der Waals surface area (Å²) >= 11 is 5.98. The maximum atomic E-state index is 13.1. The molecule has 0 radical (unpaired) electrons. The molecular formula is C23H29ClN2O3. The summed E-state index contributed by atoms with van der Waals surface area (Å²) in [5.74, 6) is 0.104. The molecule has 0 bridgehead atoms. The van der Waals surface area contributed by atoms with Crippen molar-refractivity contribution in [3.05, 3.63) is 64.7 Å². The number of aryl methyl sites for hydroxylation is 1. The second-order valence-electron chi connectivity index (χ2n) is 7.28. The zero-order valence-electron chi connectivity index (χ0n) is 17.4. The Hall–Kier alpha value is -2.53. The molecular weight excluding hydrogens is 388 g/mol. The van der Waals surface area contributed by atoms with Gasteiger partial charge in [0.2, 0.25) is 5.91 Å². The SMILES string of the molecule is CCC(C(=O)NC(C)C)N(Cc1ccccc1C)C(=O)COc1cccc(Cl)c1. The number of amides is 2. The van der Waals surface area contributed by atoms with Crippen LogP contribution in [-0.2, 0) is 16.1 Å². The van der Waals surface area contributed by atoms with Gasteiger partial charge in [-0.15, -0.1) is 0 Å². The molecule has 2 aromatic carbocycles. The third-order valence-corrected chi connectivity index (χ3v) is 4.81. The van der Waals surface area contributed by atoms with Crippen LogP contribution in [0.2, 0.25) is 5.02 Å². The van der Waals surface area contributed by atoms with Gasteiger partial charge in [-0.1, -0.05) is 48.9 Å². The van der Waals surface area contributed by atoms with Crippen LogP contribution in [0.25, 0.3) is 0 Å². The monoisotopic (exact) mass is 416 g/mol. The van der Waals surface area contributed by atoms with E-state index in [2.05, 4.69) is 5.32 Å². The summed E-state index contributed by atoms with van der Waals surface area (Å²) in [6.45, 7) is 7.88. The number of carbonyl (C=O) groups excluding carboxylic acids is 2. The molecule has 0 aliphatic heterocycles. The molecule has 2 rings (SSSR count). The summed E-state index contributed by atoms with van der Waals surface area (Å²) in [6, 6.07) is 14.2. The van der Waals surface area contributed by atoms with Crippen molar-refractivity contribution in [3.8, 4) is 5.75 Å². The first-order valence-corrected chi connectivity index (χ1v) is 10.2. The number of carbonyl (C=O) groups is 2. The number of rotatable bonds is 9. The molecule has 0 heterocycles. The van der Waals surface area contributed by atoms with Crippen molar-refractivity contribution in [1.82, 2.24) is 10.2 Å². The predicted octanol–water partition coefficient (Wildman–Crippen LogP) is 4.36. The van der Waals surface area contributed by atoms with E-state index in [1.807, 2.05) is 52.0 Å². The summed E-state index contributed by atoms with van der Waals surface area (Å²) in [5, 5.41) is 3.46. The zero-order valence-corrected chi connectivity index (χ0v) is 18.2. The molecule has 6 heteroatoms. The highest BCUT2D eigenvalue weighted by Gasteiger charge is 2.29. The van der Waals surface area contributed by atoms with E-state index >= 15 is 0 Å². The van der Waals surface area contributed by atoms with E-state index in [0.29, 0.717) is 23.7 Å². The number of hydrogen-bond donors (Lipinski definition) is 1. The lowest BCUT2D eigenvalue weighted by molar-refractivity contribution is -0.143. The molecule has 0 saturated carbocycles. The Bertz CT molecular complexity index is 838. The standard InChI is InChI=1S/C23H29ClN2O3/c1-5-21(23(28)25-16(2)3)26(14-18-10-7-6-9-17(18)4)22(27)15-29-20-12-8-11-19(24)13-20/h6-13,16,21H,5,14-15H2,1-4H3,(H,25,28). The Balaban J connectivity index is 2.23. The van der Waals surface area contributed by atoms with Crippen LogP contribution < -0.4 is 10.1 Å². The normalized spacial score (nSPS) is 11.8. The lowest BCUT2D eigenvalue weighted by Gasteiger charge is -2.31. The van der Waals surface area contributed by atoms with Crippen LogP contribution in [-0.4, -0.2) is 35.4 Å². The quantitative estimate of drug-likeness (QED) is 0.660. The van der Waals surface area contributed by atoms with Gasteiger partial charge in [-0.2, -0.15) is 0 Å². The van der Waals surface area contributed by atoms with Crippen LogP contribution in [0.3, 0.4) is 0 Å². The van der Waals surface area contributed by atoms with Crippen molar-refractivity contribution in [2.24, 2.45) is 0 Å². The largest absolute Gasteiger partial charge is 0.484 e. The summed E-state index contributed by atoms with van der Waals surface area (Å²) in [6.07, 6.45) is 0.507. The third kappa shape index (κ3) is 6.79. The molecule has 0 aliphatic carbocycles. The maximum Gasteiger partial charge on any atom is 0.261 e. The van der Waals surface area contributed by atoms with Crippen LogP contribution in [0, 0.1) is 6.92 Å². The van der Waals surface area contributed by atoms with Crippen molar-refractivity contribution in [2.75, 3.05) is 6.61 Å². The van der Waals surface area contributed by atoms with Crippen molar-refractivity contribution in [1.29, 1.82) is 0 Å². The minimum atomic E-state index is -0.576. The molecule has 2 aromatic rings. The number of ether oxygens (including phenoxy) is 1. The van der Waals surface area contributed by atoms with Gasteiger partial charge < -0.3 is 15.0 Å². The molecule has 0 spiro atoms. The first-order valence-electron chi connectivity index (χ1n) is 9.84. The Morgan fingerprint density at radius 2 is 1.86 bits per heavy atom. The van der Waals surface area contributed by atoms with Gasteiger partial charge in [0.15, 0.2) is 6.61 Å². The van der Waals surface area contributed by atoms with Crippen LogP contribution in [0.15, 0.2) is 48.5 Å². The molecule has 156 valence electrons. The van der Waals surface area contributed by atoms with E-state index < -0.39 is 6.04 Å². The van der Waals surface area contributed by atoms with E-state index in [1.165, 1.54) is 0 Å². The highest BCUT2D eigenvalue weighted by Crippen LogP contribution is 2.19.